The van der Waals surface area contributed by atoms with Crippen molar-refractivity contribution in [1.82, 2.24) is 10.3 Å². The van der Waals surface area contributed by atoms with Crippen molar-refractivity contribution < 1.29 is 9.90 Å². The second kappa shape index (κ2) is 4.35. The fourth-order valence-electron chi connectivity index (χ4n) is 2.38. The molecule has 17 heavy (non-hydrogen) atoms. The van der Waals surface area contributed by atoms with Crippen molar-refractivity contribution in [2.24, 2.45) is 5.41 Å². The number of aromatic hydroxyl groups is 1. The van der Waals surface area contributed by atoms with Crippen LogP contribution in [0.4, 0.5) is 0 Å². The molecular formula is C13H18N2O2. The molecule has 0 aliphatic heterocycles. The minimum atomic E-state index is -0.286. The molecule has 0 spiro atoms. The third kappa shape index (κ3) is 2.75. The molecule has 1 saturated carbocycles. The van der Waals surface area contributed by atoms with Crippen LogP contribution >= 0.6 is 0 Å². The third-order valence-electron chi connectivity index (χ3n) is 3.31. The van der Waals surface area contributed by atoms with Crippen LogP contribution < -0.4 is 5.32 Å². The molecule has 4 nitrogen and oxygen atoms in total. The standard InChI is InChI=1S/C13H18N2O2/c1-13(2)6-5-9(8-13)15-12(17)11-10(16)4-3-7-14-11/h3-4,7,9,16H,5-6,8H2,1-2H3,(H,15,17). The fourth-order valence-corrected chi connectivity index (χ4v) is 2.38. The molecule has 92 valence electrons. The predicted molar refractivity (Wildman–Crippen MR) is 64.8 cm³/mol. The van der Waals surface area contributed by atoms with E-state index in [4.69, 9.17) is 0 Å². The Morgan fingerprint density at radius 3 is 2.94 bits per heavy atom. The molecule has 1 fully saturated rings. The van der Waals surface area contributed by atoms with Crippen molar-refractivity contribution in [3.05, 3.63) is 24.0 Å². The number of aromatic nitrogens is 1. The molecule has 1 atom stereocenters. The zero-order valence-electron chi connectivity index (χ0n) is 10.2. The van der Waals surface area contributed by atoms with E-state index in [1.54, 1.807) is 6.07 Å². The van der Waals surface area contributed by atoms with E-state index in [9.17, 15) is 9.90 Å². The van der Waals surface area contributed by atoms with Gasteiger partial charge in [-0.3, -0.25) is 4.79 Å². The Bertz CT molecular complexity index is 429. The molecule has 1 amide bonds. The second-order valence-corrected chi connectivity index (χ2v) is 5.45. The maximum atomic E-state index is 11.9. The van der Waals surface area contributed by atoms with Gasteiger partial charge in [-0.05, 0) is 36.8 Å². The molecule has 1 aliphatic carbocycles. The summed E-state index contributed by atoms with van der Waals surface area (Å²) in [5.74, 6) is -0.354. The predicted octanol–water partition coefficient (Wildman–Crippen LogP) is 2.10. The van der Waals surface area contributed by atoms with Gasteiger partial charge in [-0.15, -0.1) is 0 Å². The third-order valence-corrected chi connectivity index (χ3v) is 3.31. The van der Waals surface area contributed by atoms with Gasteiger partial charge in [0.1, 0.15) is 5.75 Å². The average molecular weight is 234 g/mol. The van der Waals surface area contributed by atoms with Crippen LogP contribution in [0.25, 0.3) is 0 Å². The highest BCUT2D eigenvalue weighted by atomic mass is 16.3. The van der Waals surface area contributed by atoms with Gasteiger partial charge in [0.25, 0.3) is 5.91 Å². The van der Waals surface area contributed by atoms with Gasteiger partial charge in [0, 0.05) is 12.2 Å². The molecule has 1 aromatic rings. The Morgan fingerprint density at radius 2 is 2.35 bits per heavy atom. The van der Waals surface area contributed by atoms with Crippen LogP contribution in [-0.2, 0) is 0 Å². The minimum absolute atomic E-state index is 0.0674. The molecule has 0 saturated heterocycles. The van der Waals surface area contributed by atoms with Gasteiger partial charge < -0.3 is 10.4 Å². The molecule has 1 aliphatic rings. The first kappa shape index (κ1) is 11.9. The Labute approximate surface area is 101 Å². The molecule has 1 aromatic heterocycles. The second-order valence-electron chi connectivity index (χ2n) is 5.45. The van der Waals surface area contributed by atoms with Gasteiger partial charge in [-0.2, -0.15) is 0 Å². The van der Waals surface area contributed by atoms with E-state index in [0.29, 0.717) is 5.41 Å². The van der Waals surface area contributed by atoms with E-state index >= 15 is 0 Å². The summed E-state index contributed by atoms with van der Waals surface area (Å²) in [6.45, 7) is 4.41. The Hall–Kier alpha value is -1.58. The van der Waals surface area contributed by atoms with Crippen molar-refractivity contribution in [3.63, 3.8) is 0 Å². The van der Waals surface area contributed by atoms with E-state index in [1.165, 1.54) is 12.3 Å². The van der Waals surface area contributed by atoms with Crippen LogP contribution in [-0.4, -0.2) is 22.0 Å². The van der Waals surface area contributed by atoms with Gasteiger partial charge >= 0.3 is 0 Å². The fraction of sp³-hybridized carbons (Fsp3) is 0.538. The van der Waals surface area contributed by atoms with E-state index in [0.717, 1.165) is 19.3 Å². The lowest BCUT2D eigenvalue weighted by molar-refractivity contribution is 0.0928. The lowest BCUT2D eigenvalue weighted by Gasteiger charge is -2.17. The minimum Gasteiger partial charge on any atom is -0.505 e. The summed E-state index contributed by atoms with van der Waals surface area (Å²) in [5, 5.41) is 12.5. The van der Waals surface area contributed by atoms with Crippen LogP contribution in [0.5, 0.6) is 5.75 Å². The summed E-state index contributed by atoms with van der Waals surface area (Å²) >= 11 is 0. The first-order valence-corrected chi connectivity index (χ1v) is 5.93. The number of hydrogen-bond donors (Lipinski definition) is 2. The van der Waals surface area contributed by atoms with Crippen molar-refractivity contribution in [3.8, 4) is 5.75 Å². The van der Waals surface area contributed by atoms with E-state index < -0.39 is 0 Å². The number of pyridine rings is 1. The Kier molecular flexibility index (Phi) is 3.05. The Balaban J connectivity index is 2.01. The van der Waals surface area contributed by atoms with Gasteiger partial charge in [0.15, 0.2) is 5.69 Å². The summed E-state index contributed by atoms with van der Waals surface area (Å²) < 4.78 is 0. The summed E-state index contributed by atoms with van der Waals surface area (Å²) in [5.41, 5.74) is 0.404. The van der Waals surface area contributed by atoms with E-state index in [1.807, 2.05) is 0 Å². The summed E-state index contributed by atoms with van der Waals surface area (Å²) in [6.07, 6.45) is 4.60. The topological polar surface area (TPSA) is 62.2 Å². The number of nitrogens with one attached hydrogen (secondary N) is 1. The highest BCUT2D eigenvalue weighted by molar-refractivity contribution is 5.94. The molecule has 0 radical (unpaired) electrons. The van der Waals surface area contributed by atoms with Crippen molar-refractivity contribution >= 4 is 5.91 Å². The number of carbonyl (C=O) groups excluding carboxylic acids is 1. The molecule has 1 unspecified atom stereocenters. The highest BCUT2D eigenvalue weighted by Gasteiger charge is 2.32. The van der Waals surface area contributed by atoms with Gasteiger partial charge in [0.2, 0.25) is 0 Å². The van der Waals surface area contributed by atoms with Crippen LogP contribution in [0.3, 0.4) is 0 Å². The molecule has 1 heterocycles. The number of carbonyl (C=O) groups is 1. The smallest absolute Gasteiger partial charge is 0.273 e. The van der Waals surface area contributed by atoms with Crippen LogP contribution in [0.2, 0.25) is 0 Å². The van der Waals surface area contributed by atoms with Crippen molar-refractivity contribution in [1.29, 1.82) is 0 Å². The number of hydrogen-bond acceptors (Lipinski definition) is 3. The zero-order chi connectivity index (χ0) is 12.5. The summed E-state index contributed by atoms with van der Waals surface area (Å²) in [6, 6.07) is 3.27. The number of amides is 1. The maximum Gasteiger partial charge on any atom is 0.273 e. The van der Waals surface area contributed by atoms with Crippen molar-refractivity contribution in [2.75, 3.05) is 0 Å². The molecular weight excluding hydrogens is 216 g/mol. The first-order valence-electron chi connectivity index (χ1n) is 5.93. The normalized spacial score (nSPS) is 22.4. The number of nitrogens with zero attached hydrogens (tertiary/aromatic N) is 1. The lowest BCUT2D eigenvalue weighted by Crippen LogP contribution is -2.34. The van der Waals surface area contributed by atoms with Gasteiger partial charge in [-0.1, -0.05) is 13.8 Å². The molecule has 2 rings (SSSR count). The Morgan fingerprint density at radius 1 is 1.59 bits per heavy atom. The highest BCUT2D eigenvalue weighted by Crippen LogP contribution is 2.37. The molecule has 0 bridgehead atoms. The lowest BCUT2D eigenvalue weighted by atomic mass is 9.92. The van der Waals surface area contributed by atoms with Gasteiger partial charge in [-0.25, -0.2) is 4.98 Å². The summed E-state index contributed by atoms with van der Waals surface area (Å²) in [7, 11) is 0. The van der Waals surface area contributed by atoms with Crippen molar-refractivity contribution in [2.45, 2.75) is 39.2 Å². The van der Waals surface area contributed by atoms with Crippen LogP contribution in [0.15, 0.2) is 18.3 Å². The zero-order valence-corrected chi connectivity index (χ0v) is 10.2. The SMILES string of the molecule is CC1(C)CCC(NC(=O)c2ncccc2O)C1. The molecule has 4 heteroatoms. The largest absolute Gasteiger partial charge is 0.505 e. The molecule has 2 N–H and O–H groups in total. The first-order chi connectivity index (χ1) is 7.98. The quantitative estimate of drug-likeness (QED) is 0.823. The summed E-state index contributed by atoms with van der Waals surface area (Å²) in [4.78, 5) is 15.8. The van der Waals surface area contributed by atoms with Crippen LogP contribution in [0.1, 0.15) is 43.6 Å². The van der Waals surface area contributed by atoms with E-state index in [-0.39, 0.29) is 23.4 Å². The monoisotopic (exact) mass is 234 g/mol. The van der Waals surface area contributed by atoms with Crippen LogP contribution in [0, 0.1) is 5.41 Å². The van der Waals surface area contributed by atoms with E-state index in [2.05, 4.69) is 24.1 Å². The molecule has 0 aromatic carbocycles. The number of rotatable bonds is 2. The average Bonchev–Trinajstić information content (AvgIpc) is 2.58. The van der Waals surface area contributed by atoms with Gasteiger partial charge in [0.05, 0.1) is 0 Å². The maximum absolute atomic E-state index is 11.9.